The van der Waals surface area contributed by atoms with Gasteiger partial charge < -0.3 is 5.32 Å². The molecule has 1 amide bonds. The third-order valence-corrected chi connectivity index (χ3v) is 4.70. The Morgan fingerprint density at radius 3 is 2.96 bits per heavy atom. The number of aromatic nitrogens is 1. The van der Waals surface area contributed by atoms with Crippen molar-refractivity contribution in [3.05, 3.63) is 65.5 Å². The fourth-order valence-corrected chi connectivity index (χ4v) is 3.26. The molecule has 1 aliphatic heterocycles. The van der Waals surface area contributed by atoms with Crippen molar-refractivity contribution >= 4 is 5.91 Å². The van der Waals surface area contributed by atoms with E-state index in [2.05, 4.69) is 46.4 Å². The van der Waals surface area contributed by atoms with Gasteiger partial charge in [0.05, 0.1) is 6.42 Å². The Bertz CT molecular complexity index is 672. The van der Waals surface area contributed by atoms with Crippen LogP contribution in [0, 0.1) is 12.8 Å². The highest BCUT2D eigenvalue weighted by Gasteiger charge is 2.23. The third kappa shape index (κ3) is 4.65. The maximum atomic E-state index is 12.0. The van der Waals surface area contributed by atoms with E-state index in [0.717, 1.165) is 38.2 Å². The number of pyridine rings is 1. The summed E-state index contributed by atoms with van der Waals surface area (Å²) in [5, 5.41) is 3.08. The average molecular weight is 323 g/mol. The van der Waals surface area contributed by atoms with Crippen LogP contribution in [-0.2, 0) is 17.8 Å². The van der Waals surface area contributed by atoms with Gasteiger partial charge in [-0.15, -0.1) is 0 Å². The molecule has 0 unspecified atom stereocenters. The van der Waals surface area contributed by atoms with Gasteiger partial charge >= 0.3 is 0 Å². The van der Waals surface area contributed by atoms with Crippen LogP contribution in [-0.4, -0.2) is 35.4 Å². The molecule has 0 radical (unpaired) electrons. The van der Waals surface area contributed by atoms with Crippen LogP contribution in [0.2, 0.25) is 0 Å². The molecule has 4 nitrogen and oxygen atoms in total. The van der Waals surface area contributed by atoms with Gasteiger partial charge in [-0.3, -0.25) is 14.7 Å². The van der Waals surface area contributed by atoms with Crippen molar-refractivity contribution in [3.63, 3.8) is 0 Å². The molecule has 1 aliphatic rings. The number of carbonyl (C=O) groups excluding carboxylic acids is 1. The first-order valence-electron chi connectivity index (χ1n) is 8.63. The number of hydrogen-bond donors (Lipinski definition) is 1. The van der Waals surface area contributed by atoms with Gasteiger partial charge in [-0.05, 0) is 48.6 Å². The van der Waals surface area contributed by atoms with Crippen molar-refractivity contribution < 1.29 is 4.79 Å². The van der Waals surface area contributed by atoms with Crippen LogP contribution in [0.25, 0.3) is 0 Å². The van der Waals surface area contributed by atoms with E-state index in [9.17, 15) is 4.79 Å². The Morgan fingerprint density at radius 2 is 2.17 bits per heavy atom. The molecular weight excluding hydrogens is 298 g/mol. The zero-order chi connectivity index (χ0) is 16.8. The number of rotatable bonds is 6. The summed E-state index contributed by atoms with van der Waals surface area (Å²) in [6.07, 6.45) is 5.04. The molecule has 4 heteroatoms. The number of amides is 1. The van der Waals surface area contributed by atoms with Gasteiger partial charge in [0.2, 0.25) is 5.91 Å². The molecular formula is C20H25N3O. The van der Waals surface area contributed by atoms with Crippen LogP contribution in [0.15, 0.2) is 48.8 Å². The molecule has 1 atom stereocenters. The average Bonchev–Trinajstić information content (AvgIpc) is 3.04. The van der Waals surface area contributed by atoms with E-state index in [-0.39, 0.29) is 5.91 Å². The summed E-state index contributed by atoms with van der Waals surface area (Å²) in [5.74, 6) is 0.632. The summed E-state index contributed by atoms with van der Waals surface area (Å²) >= 11 is 0. The molecule has 0 aliphatic carbocycles. The second-order valence-corrected chi connectivity index (χ2v) is 6.66. The summed E-state index contributed by atoms with van der Waals surface area (Å²) in [6, 6.07) is 12.4. The summed E-state index contributed by atoms with van der Waals surface area (Å²) in [6.45, 7) is 6.11. The molecule has 2 heterocycles. The van der Waals surface area contributed by atoms with Gasteiger partial charge in [0.15, 0.2) is 0 Å². The van der Waals surface area contributed by atoms with E-state index >= 15 is 0 Å². The second kappa shape index (κ2) is 8.06. The molecule has 3 rings (SSSR count). The summed E-state index contributed by atoms with van der Waals surface area (Å²) in [5.41, 5.74) is 3.71. The van der Waals surface area contributed by atoms with Crippen molar-refractivity contribution in [1.29, 1.82) is 0 Å². The lowest BCUT2D eigenvalue weighted by Crippen LogP contribution is -2.32. The van der Waals surface area contributed by atoms with Crippen molar-refractivity contribution in [1.82, 2.24) is 15.2 Å². The number of aryl methyl sites for hydroxylation is 1. The first-order valence-corrected chi connectivity index (χ1v) is 8.63. The quantitative estimate of drug-likeness (QED) is 0.889. The number of nitrogens with zero attached hydrogens (tertiary/aromatic N) is 2. The van der Waals surface area contributed by atoms with Gasteiger partial charge in [-0.25, -0.2) is 0 Å². The normalized spacial score (nSPS) is 17.8. The maximum absolute atomic E-state index is 12.0. The van der Waals surface area contributed by atoms with Gasteiger partial charge in [0.1, 0.15) is 0 Å². The van der Waals surface area contributed by atoms with Crippen molar-refractivity contribution in [2.24, 2.45) is 5.92 Å². The molecule has 2 aromatic rings. The van der Waals surface area contributed by atoms with Gasteiger partial charge in [-0.1, -0.05) is 30.3 Å². The van der Waals surface area contributed by atoms with Crippen LogP contribution in [0.3, 0.4) is 0 Å². The van der Waals surface area contributed by atoms with Gasteiger partial charge in [0, 0.05) is 32.0 Å². The second-order valence-electron chi connectivity index (χ2n) is 6.66. The van der Waals surface area contributed by atoms with Crippen LogP contribution in [0.4, 0.5) is 0 Å². The zero-order valence-corrected chi connectivity index (χ0v) is 14.2. The summed E-state index contributed by atoms with van der Waals surface area (Å²) < 4.78 is 0. The molecule has 1 aromatic carbocycles. The van der Waals surface area contributed by atoms with E-state index in [0.29, 0.717) is 12.3 Å². The SMILES string of the molecule is Cc1ccccc1CN1CC[C@@H](CNC(=O)Cc2cccnc2)C1. The largest absolute Gasteiger partial charge is 0.355 e. The third-order valence-electron chi connectivity index (χ3n) is 4.70. The Kier molecular flexibility index (Phi) is 5.59. The number of likely N-dealkylation sites (tertiary alicyclic amines) is 1. The smallest absolute Gasteiger partial charge is 0.224 e. The van der Waals surface area contributed by atoms with E-state index in [1.807, 2.05) is 12.1 Å². The predicted octanol–water partition coefficient (Wildman–Crippen LogP) is 2.57. The molecule has 1 fully saturated rings. The van der Waals surface area contributed by atoms with Gasteiger partial charge in [-0.2, -0.15) is 0 Å². The van der Waals surface area contributed by atoms with E-state index in [1.165, 1.54) is 11.1 Å². The Hall–Kier alpha value is -2.20. The van der Waals surface area contributed by atoms with Crippen molar-refractivity contribution in [3.8, 4) is 0 Å². The lowest BCUT2D eigenvalue weighted by atomic mass is 10.1. The highest BCUT2D eigenvalue weighted by Crippen LogP contribution is 2.19. The first kappa shape index (κ1) is 16.7. The molecule has 0 saturated carbocycles. The Morgan fingerprint density at radius 1 is 1.29 bits per heavy atom. The lowest BCUT2D eigenvalue weighted by molar-refractivity contribution is -0.120. The molecule has 1 aromatic heterocycles. The minimum atomic E-state index is 0.0837. The number of nitrogens with one attached hydrogen (secondary N) is 1. The minimum Gasteiger partial charge on any atom is -0.355 e. The molecule has 126 valence electrons. The van der Waals surface area contributed by atoms with Crippen LogP contribution in [0.1, 0.15) is 23.1 Å². The fraction of sp³-hybridized carbons (Fsp3) is 0.400. The number of hydrogen-bond acceptors (Lipinski definition) is 3. The molecule has 0 spiro atoms. The summed E-state index contributed by atoms with van der Waals surface area (Å²) in [4.78, 5) is 18.6. The van der Waals surface area contributed by atoms with Gasteiger partial charge in [0.25, 0.3) is 0 Å². The number of benzene rings is 1. The zero-order valence-electron chi connectivity index (χ0n) is 14.2. The van der Waals surface area contributed by atoms with E-state index in [1.54, 1.807) is 12.4 Å². The molecule has 24 heavy (non-hydrogen) atoms. The first-order chi connectivity index (χ1) is 11.7. The van der Waals surface area contributed by atoms with E-state index in [4.69, 9.17) is 0 Å². The molecule has 0 bridgehead atoms. The Labute approximate surface area is 143 Å². The number of carbonyl (C=O) groups is 1. The summed E-state index contributed by atoms with van der Waals surface area (Å²) in [7, 11) is 0. The van der Waals surface area contributed by atoms with Crippen molar-refractivity contribution in [2.75, 3.05) is 19.6 Å². The predicted molar refractivity (Wildman–Crippen MR) is 95.5 cm³/mol. The lowest BCUT2D eigenvalue weighted by Gasteiger charge is -2.17. The molecule has 1 N–H and O–H groups in total. The van der Waals surface area contributed by atoms with Crippen LogP contribution < -0.4 is 5.32 Å². The van der Waals surface area contributed by atoms with Crippen molar-refractivity contribution in [2.45, 2.75) is 26.3 Å². The van der Waals surface area contributed by atoms with Crippen LogP contribution in [0.5, 0.6) is 0 Å². The van der Waals surface area contributed by atoms with E-state index < -0.39 is 0 Å². The fourth-order valence-electron chi connectivity index (χ4n) is 3.26. The molecule has 1 saturated heterocycles. The highest BCUT2D eigenvalue weighted by atomic mass is 16.1. The van der Waals surface area contributed by atoms with Crippen LogP contribution >= 0.6 is 0 Å². The monoisotopic (exact) mass is 323 g/mol. The Balaban J connectivity index is 1.41. The highest BCUT2D eigenvalue weighted by molar-refractivity contribution is 5.78. The minimum absolute atomic E-state index is 0.0837. The standard InChI is InChI=1S/C20H25N3O/c1-16-5-2-3-7-19(16)15-23-10-8-18(14-23)13-22-20(24)11-17-6-4-9-21-12-17/h2-7,9,12,18H,8,10-11,13-15H2,1H3,(H,22,24)/t18-/m0/s1. The topological polar surface area (TPSA) is 45.2 Å². The maximum Gasteiger partial charge on any atom is 0.224 e.